The summed E-state index contributed by atoms with van der Waals surface area (Å²) in [6.45, 7) is 7.07. The quantitative estimate of drug-likeness (QED) is 0.638. The van der Waals surface area contributed by atoms with Gasteiger partial charge in [0.25, 0.3) is 5.91 Å². The lowest BCUT2D eigenvalue weighted by atomic mass is 10.1. The maximum absolute atomic E-state index is 12.5. The first-order chi connectivity index (χ1) is 12.0. The minimum absolute atomic E-state index is 0.0580. The number of carbonyl (C=O) groups is 1. The van der Waals surface area contributed by atoms with Crippen molar-refractivity contribution in [2.24, 2.45) is 0 Å². The Morgan fingerprint density at radius 2 is 2.08 bits per heavy atom. The highest BCUT2D eigenvalue weighted by atomic mass is 16.5. The molecule has 1 heterocycles. The molecule has 0 spiro atoms. The number of nitrogens with zero attached hydrogens (tertiary/aromatic N) is 2. The van der Waals surface area contributed by atoms with Crippen LogP contribution < -0.4 is 10.1 Å². The zero-order valence-corrected chi connectivity index (χ0v) is 15.1. The molecular formula is C20H23N3O2. The predicted molar refractivity (Wildman–Crippen MR) is 99.4 cm³/mol. The van der Waals surface area contributed by atoms with E-state index in [1.54, 1.807) is 24.3 Å². The highest BCUT2D eigenvalue weighted by Gasteiger charge is 2.14. The SMILES string of the molecule is CCCn1c(C)cc(/C=C(\C#N)C(=O)Nc2ccccc2OC)c1C. The second-order valence-corrected chi connectivity index (χ2v) is 5.80. The predicted octanol–water partition coefficient (Wildman–Crippen LogP) is 4.07. The van der Waals surface area contributed by atoms with Crippen LogP contribution in [0, 0.1) is 25.2 Å². The first kappa shape index (κ1) is 18.3. The third-order valence-corrected chi connectivity index (χ3v) is 4.08. The summed E-state index contributed by atoms with van der Waals surface area (Å²) in [5.41, 5.74) is 3.65. The molecule has 2 rings (SSSR count). The molecule has 0 aliphatic carbocycles. The number of methoxy groups -OCH3 is 1. The monoisotopic (exact) mass is 337 g/mol. The van der Waals surface area contributed by atoms with Crippen LogP contribution in [0.4, 0.5) is 5.69 Å². The number of aromatic nitrogens is 1. The molecule has 1 aromatic carbocycles. The van der Waals surface area contributed by atoms with Crippen LogP contribution in [0.5, 0.6) is 5.75 Å². The Bertz CT molecular complexity index is 841. The summed E-state index contributed by atoms with van der Waals surface area (Å²) in [7, 11) is 1.54. The van der Waals surface area contributed by atoms with Gasteiger partial charge in [0, 0.05) is 17.9 Å². The molecule has 5 nitrogen and oxygen atoms in total. The molecule has 0 unspecified atom stereocenters. The van der Waals surface area contributed by atoms with Crippen molar-refractivity contribution in [3.63, 3.8) is 0 Å². The fourth-order valence-corrected chi connectivity index (χ4v) is 2.78. The molecule has 0 saturated carbocycles. The topological polar surface area (TPSA) is 67.0 Å². The number of nitrogens with one attached hydrogen (secondary N) is 1. The van der Waals surface area contributed by atoms with E-state index in [1.807, 2.05) is 32.0 Å². The van der Waals surface area contributed by atoms with E-state index in [0.29, 0.717) is 11.4 Å². The molecule has 0 bridgehead atoms. The average Bonchev–Trinajstić information content (AvgIpc) is 2.87. The normalized spacial score (nSPS) is 11.1. The number of carbonyl (C=O) groups excluding carboxylic acids is 1. The Morgan fingerprint density at radius 3 is 2.72 bits per heavy atom. The van der Waals surface area contributed by atoms with E-state index in [9.17, 15) is 10.1 Å². The first-order valence-corrected chi connectivity index (χ1v) is 8.24. The summed E-state index contributed by atoms with van der Waals surface area (Å²) in [5.74, 6) is 0.0987. The first-order valence-electron chi connectivity index (χ1n) is 8.24. The summed E-state index contributed by atoms with van der Waals surface area (Å²) < 4.78 is 7.42. The number of nitriles is 1. The molecule has 5 heteroatoms. The molecule has 0 fully saturated rings. The third-order valence-electron chi connectivity index (χ3n) is 4.08. The van der Waals surface area contributed by atoms with Gasteiger partial charge in [-0.25, -0.2) is 0 Å². The Hall–Kier alpha value is -3.00. The molecule has 1 aromatic heterocycles. The van der Waals surface area contributed by atoms with Gasteiger partial charge < -0.3 is 14.6 Å². The van der Waals surface area contributed by atoms with Crippen LogP contribution in [0.25, 0.3) is 6.08 Å². The highest BCUT2D eigenvalue weighted by molar-refractivity contribution is 6.10. The molecule has 0 aliphatic rings. The van der Waals surface area contributed by atoms with Crippen molar-refractivity contribution < 1.29 is 9.53 Å². The van der Waals surface area contributed by atoms with E-state index in [2.05, 4.69) is 16.8 Å². The van der Waals surface area contributed by atoms with Crippen molar-refractivity contribution in [2.45, 2.75) is 33.7 Å². The van der Waals surface area contributed by atoms with Gasteiger partial charge in [-0.05, 0) is 50.1 Å². The molecule has 1 N–H and O–H groups in total. The lowest BCUT2D eigenvalue weighted by Crippen LogP contribution is -2.14. The van der Waals surface area contributed by atoms with Crippen molar-refractivity contribution in [1.29, 1.82) is 5.26 Å². The van der Waals surface area contributed by atoms with Crippen molar-refractivity contribution in [3.05, 3.63) is 52.9 Å². The lowest BCUT2D eigenvalue weighted by molar-refractivity contribution is -0.112. The maximum atomic E-state index is 12.5. The summed E-state index contributed by atoms with van der Waals surface area (Å²) in [5, 5.41) is 12.2. The minimum atomic E-state index is -0.452. The van der Waals surface area contributed by atoms with Crippen LogP contribution in [0.1, 0.15) is 30.3 Å². The summed E-state index contributed by atoms with van der Waals surface area (Å²) in [4.78, 5) is 12.5. The molecule has 0 saturated heterocycles. The number of rotatable bonds is 6. The Balaban J connectivity index is 2.30. The van der Waals surface area contributed by atoms with Gasteiger partial charge in [-0.3, -0.25) is 4.79 Å². The Morgan fingerprint density at radius 1 is 1.36 bits per heavy atom. The smallest absolute Gasteiger partial charge is 0.266 e. The maximum Gasteiger partial charge on any atom is 0.266 e. The van der Waals surface area contributed by atoms with Crippen molar-refractivity contribution in [3.8, 4) is 11.8 Å². The second-order valence-electron chi connectivity index (χ2n) is 5.80. The average molecular weight is 337 g/mol. The largest absolute Gasteiger partial charge is 0.495 e. The van der Waals surface area contributed by atoms with Gasteiger partial charge in [-0.15, -0.1) is 0 Å². The Kier molecular flexibility index (Phi) is 6.02. The minimum Gasteiger partial charge on any atom is -0.495 e. The van der Waals surface area contributed by atoms with Crippen molar-refractivity contribution in [1.82, 2.24) is 4.57 Å². The van der Waals surface area contributed by atoms with Crippen molar-refractivity contribution in [2.75, 3.05) is 12.4 Å². The number of ether oxygens (including phenoxy) is 1. The van der Waals surface area contributed by atoms with Crippen LogP contribution in [-0.4, -0.2) is 17.6 Å². The molecule has 1 amide bonds. The number of para-hydroxylation sites is 2. The van der Waals surface area contributed by atoms with E-state index < -0.39 is 5.91 Å². The van der Waals surface area contributed by atoms with Gasteiger partial charge in [-0.2, -0.15) is 5.26 Å². The van der Waals surface area contributed by atoms with Gasteiger partial charge in [-0.1, -0.05) is 19.1 Å². The number of anilines is 1. The fraction of sp³-hybridized carbons (Fsp3) is 0.300. The summed E-state index contributed by atoms with van der Waals surface area (Å²) >= 11 is 0. The number of hydrogen-bond acceptors (Lipinski definition) is 3. The van der Waals surface area contributed by atoms with Crippen LogP contribution in [0.2, 0.25) is 0 Å². The highest BCUT2D eigenvalue weighted by Crippen LogP contribution is 2.24. The van der Waals surface area contributed by atoms with E-state index in [4.69, 9.17) is 4.74 Å². The summed E-state index contributed by atoms with van der Waals surface area (Å²) in [6, 6.07) is 11.1. The van der Waals surface area contributed by atoms with Crippen molar-refractivity contribution >= 4 is 17.7 Å². The van der Waals surface area contributed by atoms with Gasteiger partial charge in [0.05, 0.1) is 12.8 Å². The number of amides is 1. The third kappa shape index (κ3) is 4.10. The molecule has 25 heavy (non-hydrogen) atoms. The molecule has 0 radical (unpaired) electrons. The second kappa shape index (κ2) is 8.20. The summed E-state index contributed by atoms with van der Waals surface area (Å²) in [6.07, 6.45) is 2.66. The van der Waals surface area contributed by atoms with Gasteiger partial charge >= 0.3 is 0 Å². The number of aryl methyl sites for hydroxylation is 1. The van der Waals surface area contributed by atoms with Gasteiger partial charge in [0.1, 0.15) is 17.4 Å². The van der Waals surface area contributed by atoms with E-state index in [1.165, 1.54) is 7.11 Å². The number of benzene rings is 1. The molecular weight excluding hydrogens is 314 g/mol. The lowest BCUT2D eigenvalue weighted by Gasteiger charge is -2.09. The van der Waals surface area contributed by atoms with E-state index >= 15 is 0 Å². The standard InChI is InChI=1S/C20H23N3O2/c1-5-10-23-14(2)11-16(15(23)3)12-17(13-21)20(24)22-18-8-6-7-9-19(18)25-4/h6-9,11-12H,5,10H2,1-4H3,(H,22,24)/b17-12+. The zero-order chi connectivity index (χ0) is 18.4. The van der Waals surface area contributed by atoms with E-state index in [-0.39, 0.29) is 5.57 Å². The van der Waals surface area contributed by atoms with Crippen LogP contribution >= 0.6 is 0 Å². The van der Waals surface area contributed by atoms with Crippen LogP contribution in [0.15, 0.2) is 35.9 Å². The van der Waals surface area contributed by atoms with Crippen LogP contribution in [-0.2, 0) is 11.3 Å². The zero-order valence-electron chi connectivity index (χ0n) is 15.1. The molecule has 0 aliphatic heterocycles. The Labute approximate surface area is 148 Å². The van der Waals surface area contributed by atoms with Gasteiger partial charge in [0.2, 0.25) is 0 Å². The number of hydrogen-bond donors (Lipinski definition) is 1. The van der Waals surface area contributed by atoms with E-state index in [0.717, 1.165) is 29.9 Å². The fourth-order valence-electron chi connectivity index (χ4n) is 2.78. The molecule has 130 valence electrons. The molecule has 2 aromatic rings. The molecule has 0 atom stereocenters. The van der Waals surface area contributed by atoms with Crippen LogP contribution in [0.3, 0.4) is 0 Å². The van der Waals surface area contributed by atoms with Gasteiger partial charge in [0.15, 0.2) is 0 Å².